The van der Waals surface area contributed by atoms with E-state index in [9.17, 15) is 0 Å². The molecule has 0 bridgehead atoms. The molecule has 0 spiro atoms. The number of ether oxygens (including phenoxy) is 8. The Hall–Kier alpha value is 0.211. The smallest absolute Gasteiger partial charge is 0.314 e. The van der Waals surface area contributed by atoms with E-state index in [1.54, 1.807) is 0 Å². The summed E-state index contributed by atoms with van der Waals surface area (Å²) in [5.74, 6) is 0. The first kappa shape index (κ1) is 40.2. The van der Waals surface area contributed by atoms with Crippen LogP contribution in [-0.2, 0) is 46.1 Å². The van der Waals surface area contributed by atoms with Gasteiger partial charge in [0.05, 0.1) is 106 Å². The van der Waals surface area contributed by atoms with E-state index in [2.05, 4.69) is 45.8 Å². The molecule has 40 heavy (non-hydrogen) atoms. The molecule has 0 atom stereocenters. The molecular formula is C26H60O11Si3. The summed E-state index contributed by atoms with van der Waals surface area (Å²) >= 11 is 0. The first-order valence-corrected chi connectivity index (χ1v) is 23.9. The summed E-state index contributed by atoms with van der Waals surface area (Å²) in [5.41, 5.74) is 0. The Morgan fingerprint density at radius 3 is 0.875 bits per heavy atom. The predicted molar refractivity (Wildman–Crippen MR) is 164 cm³/mol. The quantitative estimate of drug-likeness (QED) is 0.0898. The van der Waals surface area contributed by atoms with Crippen LogP contribution in [-0.4, -0.2) is 143 Å². The highest BCUT2D eigenvalue weighted by molar-refractivity contribution is 6.87. The van der Waals surface area contributed by atoms with Crippen molar-refractivity contribution in [2.45, 2.75) is 58.3 Å². The lowest BCUT2D eigenvalue weighted by Crippen LogP contribution is -2.52. The van der Waals surface area contributed by atoms with E-state index in [4.69, 9.17) is 51.2 Å². The lowest BCUT2D eigenvalue weighted by atomic mass is 10.5. The van der Waals surface area contributed by atoms with Crippen LogP contribution in [0.1, 0.15) is 6.42 Å². The van der Waals surface area contributed by atoms with Crippen LogP contribution in [0.2, 0.25) is 51.9 Å². The molecule has 0 amide bonds. The van der Waals surface area contributed by atoms with Crippen LogP contribution >= 0.6 is 0 Å². The van der Waals surface area contributed by atoms with Crippen LogP contribution in [0.3, 0.4) is 0 Å². The summed E-state index contributed by atoms with van der Waals surface area (Å²) in [6, 6.07) is 0.958. The van der Waals surface area contributed by atoms with Crippen molar-refractivity contribution in [1.82, 2.24) is 0 Å². The fraction of sp³-hybridized carbons (Fsp3) is 1.00. The van der Waals surface area contributed by atoms with Gasteiger partial charge in [-0.05, 0) is 58.3 Å². The number of hydrogen-bond acceptors (Lipinski definition) is 11. The minimum atomic E-state index is -2.18. The number of aliphatic hydroxyl groups excluding tert-OH is 1. The van der Waals surface area contributed by atoms with Gasteiger partial charge >= 0.3 is 8.56 Å². The van der Waals surface area contributed by atoms with Gasteiger partial charge < -0.3 is 51.2 Å². The van der Waals surface area contributed by atoms with Gasteiger partial charge in [-0.25, -0.2) is 0 Å². The van der Waals surface area contributed by atoms with E-state index >= 15 is 0 Å². The van der Waals surface area contributed by atoms with Crippen molar-refractivity contribution in [3.05, 3.63) is 0 Å². The normalized spacial score (nSPS) is 12.9. The van der Waals surface area contributed by atoms with Crippen LogP contribution < -0.4 is 0 Å². The van der Waals surface area contributed by atoms with Crippen molar-refractivity contribution in [3.8, 4) is 0 Å². The van der Waals surface area contributed by atoms with Crippen molar-refractivity contribution < 1.29 is 51.2 Å². The summed E-state index contributed by atoms with van der Waals surface area (Å²) in [7, 11) is -5.49. The Labute approximate surface area is 246 Å². The maximum atomic E-state index is 8.58. The van der Waals surface area contributed by atoms with Crippen LogP contribution in [0.25, 0.3) is 0 Å². The van der Waals surface area contributed by atoms with Gasteiger partial charge in [0, 0.05) is 6.61 Å². The molecule has 0 radical (unpaired) electrons. The molecule has 0 unspecified atom stereocenters. The monoisotopic (exact) mass is 632 g/mol. The van der Waals surface area contributed by atoms with Crippen LogP contribution in [0, 0.1) is 0 Å². The van der Waals surface area contributed by atoms with Crippen LogP contribution in [0.4, 0.5) is 0 Å². The SMILES string of the molecule is C[Si](C)(C)O[Si](C)(CCCOCCOCCOCCOCCOCCOCCOCCOCCO)O[Si](C)(C)C. The van der Waals surface area contributed by atoms with E-state index in [1.165, 1.54) is 0 Å². The molecule has 0 rings (SSSR count). The molecule has 242 valence electrons. The standard InChI is InChI=1S/C26H60O11Si3/c1-38(2,3)36-40(7,37-39(4,5)6)26-8-10-28-12-14-30-16-18-32-20-22-34-24-25-35-23-21-33-19-17-31-15-13-29-11-9-27/h27H,8-26H2,1-7H3. The molecule has 0 aliphatic heterocycles. The Morgan fingerprint density at radius 2 is 0.625 bits per heavy atom. The first-order chi connectivity index (χ1) is 19.0. The Balaban J connectivity index is 3.40. The molecule has 0 saturated heterocycles. The number of hydrogen-bond donors (Lipinski definition) is 1. The number of rotatable bonds is 31. The van der Waals surface area contributed by atoms with E-state index < -0.39 is 25.2 Å². The number of aliphatic hydroxyl groups is 1. The highest BCUT2D eigenvalue weighted by Crippen LogP contribution is 2.25. The van der Waals surface area contributed by atoms with E-state index in [0.29, 0.717) is 106 Å². The second kappa shape index (κ2) is 25.7. The molecule has 0 aliphatic rings. The van der Waals surface area contributed by atoms with Gasteiger partial charge in [0.25, 0.3) is 0 Å². The van der Waals surface area contributed by atoms with Crippen LogP contribution in [0.15, 0.2) is 0 Å². The summed E-state index contributed by atoms with van der Waals surface area (Å²) in [6.07, 6.45) is 0.944. The highest BCUT2D eigenvalue weighted by atomic mass is 28.5. The minimum Gasteiger partial charge on any atom is -0.437 e. The highest BCUT2D eigenvalue weighted by Gasteiger charge is 2.39. The van der Waals surface area contributed by atoms with Gasteiger partial charge in [0.2, 0.25) is 0 Å². The van der Waals surface area contributed by atoms with Gasteiger partial charge in [0.15, 0.2) is 16.6 Å². The van der Waals surface area contributed by atoms with Gasteiger partial charge in [-0.2, -0.15) is 0 Å². The average molecular weight is 633 g/mol. The molecule has 1 N–H and O–H groups in total. The Bertz CT molecular complexity index is 533. The minimum absolute atomic E-state index is 0.0299. The zero-order valence-corrected chi connectivity index (χ0v) is 29.5. The third-order valence-electron chi connectivity index (χ3n) is 4.80. The molecular weight excluding hydrogens is 573 g/mol. The van der Waals surface area contributed by atoms with Crippen LogP contribution in [0.5, 0.6) is 0 Å². The molecule has 14 heteroatoms. The lowest BCUT2D eigenvalue weighted by Gasteiger charge is -2.38. The van der Waals surface area contributed by atoms with Crippen molar-refractivity contribution in [2.75, 3.05) is 112 Å². The maximum absolute atomic E-state index is 8.58. The fourth-order valence-corrected chi connectivity index (χ4v) is 16.1. The lowest BCUT2D eigenvalue weighted by molar-refractivity contribution is -0.0238. The van der Waals surface area contributed by atoms with E-state index in [-0.39, 0.29) is 6.61 Å². The van der Waals surface area contributed by atoms with Gasteiger partial charge in [0.1, 0.15) is 0 Å². The van der Waals surface area contributed by atoms with Gasteiger partial charge in [-0.3, -0.25) is 0 Å². The second-order valence-corrected chi connectivity index (χ2v) is 24.1. The average Bonchev–Trinajstić information content (AvgIpc) is 2.83. The third kappa shape index (κ3) is 31.2. The second-order valence-electron chi connectivity index (χ2n) is 11.3. The topological polar surface area (TPSA) is 113 Å². The van der Waals surface area contributed by atoms with Crippen molar-refractivity contribution in [3.63, 3.8) is 0 Å². The summed E-state index contributed by atoms with van der Waals surface area (Å²) in [4.78, 5) is 0. The van der Waals surface area contributed by atoms with Crippen molar-refractivity contribution in [2.24, 2.45) is 0 Å². The van der Waals surface area contributed by atoms with Gasteiger partial charge in [-0.1, -0.05) is 0 Å². The molecule has 11 nitrogen and oxygen atoms in total. The van der Waals surface area contributed by atoms with E-state index in [1.807, 2.05) is 0 Å². The molecule has 0 fully saturated rings. The summed E-state index contributed by atoms with van der Waals surface area (Å²) in [5, 5.41) is 8.58. The van der Waals surface area contributed by atoms with E-state index in [0.717, 1.165) is 12.5 Å². The first-order valence-electron chi connectivity index (χ1n) is 14.6. The summed E-state index contributed by atoms with van der Waals surface area (Å²) in [6.45, 7) is 24.0. The molecule has 0 aromatic heterocycles. The molecule has 0 aliphatic carbocycles. The Kier molecular flexibility index (Phi) is 25.8. The van der Waals surface area contributed by atoms with Gasteiger partial charge in [-0.15, -0.1) is 0 Å². The molecule has 0 heterocycles. The Morgan fingerprint density at radius 1 is 0.375 bits per heavy atom. The zero-order chi connectivity index (χ0) is 30.0. The molecule has 0 saturated carbocycles. The third-order valence-corrected chi connectivity index (χ3v) is 14.4. The maximum Gasteiger partial charge on any atom is 0.314 e. The van der Waals surface area contributed by atoms with Crippen molar-refractivity contribution in [1.29, 1.82) is 0 Å². The molecule has 0 aromatic carbocycles. The summed E-state index contributed by atoms with van der Waals surface area (Å²) < 4.78 is 56.6. The zero-order valence-electron chi connectivity index (χ0n) is 26.5. The fourth-order valence-electron chi connectivity index (χ4n) is 3.62. The predicted octanol–water partition coefficient (Wildman–Crippen LogP) is 3.28. The largest absolute Gasteiger partial charge is 0.437 e. The molecule has 0 aromatic rings. The van der Waals surface area contributed by atoms with Crippen molar-refractivity contribution >= 4 is 25.2 Å².